The van der Waals surface area contributed by atoms with Gasteiger partial charge in [0.25, 0.3) is 0 Å². The highest BCUT2D eigenvalue weighted by atomic mass is 16.4. The molecule has 2 fully saturated rings. The fraction of sp³-hybridized carbons (Fsp3) is 0.750. The Balaban J connectivity index is 1.80. The minimum atomic E-state index is -0.661. The first-order valence-corrected chi connectivity index (χ1v) is 8.20. The molecule has 1 aromatic heterocycles. The van der Waals surface area contributed by atoms with Gasteiger partial charge < -0.3 is 5.11 Å². The summed E-state index contributed by atoms with van der Waals surface area (Å²) >= 11 is 0. The number of hydrogen-bond acceptors (Lipinski definition) is 3. The highest BCUT2D eigenvalue weighted by Crippen LogP contribution is 2.40. The largest absolute Gasteiger partial charge is 0.480 e. The summed E-state index contributed by atoms with van der Waals surface area (Å²) in [4.78, 5) is 13.9. The van der Waals surface area contributed by atoms with E-state index in [1.54, 1.807) is 0 Å². The van der Waals surface area contributed by atoms with Crippen molar-refractivity contribution in [2.75, 3.05) is 0 Å². The predicted octanol–water partition coefficient (Wildman–Crippen LogP) is 2.51. The molecule has 5 nitrogen and oxygen atoms in total. The first kappa shape index (κ1) is 14.6. The van der Waals surface area contributed by atoms with Crippen molar-refractivity contribution in [1.82, 2.24) is 14.7 Å². The molecule has 1 saturated heterocycles. The van der Waals surface area contributed by atoms with Gasteiger partial charge >= 0.3 is 5.97 Å². The van der Waals surface area contributed by atoms with Gasteiger partial charge in [-0.25, -0.2) is 0 Å². The molecule has 2 aliphatic rings. The van der Waals surface area contributed by atoms with E-state index in [9.17, 15) is 9.90 Å². The zero-order chi connectivity index (χ0) is 14.8. The number of aryl methyl sites for hydroxylation is 1. The number of aliphatic carboxylic acids is 1. The quantitative estimate of drug-likeness (QED) is 0.905. The van der Waals surface area contributed by atoms with Crippen LogP contribution in [0.3, 0.4) is 0 Å². The molecule has 116 valence electrons. The molecule has 21 heavy (non-hydrogen) atoms. The Kier molecular flexibility index (Phi) is 4.29. The van der Waals surface area contributed by atoms with E-state index in [0.29, 0.717) is 12.0 Å². The van der Waals surface area contributed by atoms with Crippen LogP contribution < -0.4 is 0 Å². The molecule has 1 N–H and O–H groups in total. The van der Waals surface area contributed by atoms with Crippen LogP contribution in [0.1, 0.15) is 51.1 Å². The smallest absolute Gasteiger partial charge is 0.320 e. The number of rotatable bonds is 5. The van der Waals surface area contributed by atoms with Crippen molar-refractivity contribution in [3.8, 4) is 0 Å². The summed E-state index contributed by atoms with van der Waals surface area (Å²) in [5.41, 5.74) is 1.15. The topological polar surface area (TPSA) is 58.4 Å². The lowest BCUT2D eigenvalue weighted by atomic mass is 9.85. The van der Waals surface area contributed by atoms with Crippen molar-refractivity contribution in [3.63, 3.8) is 0 Å². The SMILES string of the molecule is CCCn1nccc1CN1C(C(=O)O)CC2CCCCC21. The third-order valence-corrected chi connectivity index (χ3v) is 5.09. The number of carboxylic acids is 1. The van der Waals surface area contributed by atoms with Crippen LogP contribution in [0.25, 0.3) is 0 Å². The molecule has 5 heteroatoms. The fourth-order valence-corrected chi connectivity index (χ4v) is 4.12. The van der Waals surface area contributed by atoms with Crippen molar-refractivity contribution in [3.05, 3.63) is 18.0 Å². The number of likely N-dealkylation sites (tertiary alicyclic amines) is 1. The average molecular weight is 291 g/mol. The molecule has 0 amide bonds. The maximum absolute atomic E-state index is 11.6. The van der Waals surface area contributed by atoms with E-state index in [1.807, 2.05) is 16.9 Å². The number of hydrogen-bond donors (Lipinski definition) is 1. The second kappa shape index (κ2) is 6.18. The number of carbonyl (C=O) groups is 1. The van der Waals surface area contributed by atoms with Gasteiger partial charge in [-0.1, -0.05) is 19.8 Å². The first-order chi connectivity index (χ1) is 10.2. The molecule has 1 aromatic rings. The standard InChI is InChI=1S/C16H25N3O2/c1-2-9-19-13(7-8-17-19)11-18-14-6-4-3-5-12(14)10-15(18)16(20)21/h7-8,12,14-15H,2-6,9-11H2,1H3,(H,20,21). The van der Waals surface area contributed by atoms with E-state index in [1.165, 1.54) is 19.3 Å². The van der Waals surface area contributed by atoms with Gasteiger partial charge in [-0.2, -0.15) is 5.10 Å². The lowest BCUT2D eigenvalue weighted by Crippen LogP contribution is -2.42. The summed E-state index contributed by atoms with van der Waals surface area (Å²) in [5.74, 6) is -0.0895. The van der Waals surface area contributed by atoms with Crippen LogP contribution in [0.15, 0.2) is 12.3 Å². The fourth-order valence-electron chi connectivity index (χ4n) is 4.12. The third-order valence-electron chi connectivity index (χ3n) is 5.09. The van der Waals surface area contributed by atoms with Crippen LogP contribution in [0, 0.1) is 5.92 Å². The van der Waals surface area contributed by atoms with Gasteiger partial charge in [-0.15, -0.1) is 0 Å². The second-order valence-corrected chi connectivity index (χ2v) is 6.42. The van der Waals surface area contributed by atoms with Crippen LogP contribution in [0.2, 0.25) is 0 Å². The Morgan fingerprint density at radius 3 is 3.00 bits per heavy atom. The highest BCUT2D eigenvalue weighted by Gasteiger charge is 2.45. The molecular formula is C16H25N3O2. The van der Waals surface area contributed by atoms with Gasteiger partial charge in [0.2, 0.25) is 0 Å². The Morgan fingerprint density at radius 1 is 1.43 bits per heavy atom. The van der Waals surface area contributed by atoms with Gasteiger partial charge in [0.1, 0.15) is 6.04 Å². The van der Waals surface area contributed by atoms with E-state index < -0.39 is 5.97 Å². The number of carboxylic acid groups (broad SMARTS) is 1. The second-order valence-electron chi connectivity index (χ2n) is 6.42. The summed E-state index contributed by atoms with van der Waals surface area (Å²) in [6, 6.07) is 2.16. The zero-order valence-corrected chi connectivity index (χ0v) is 12.7. The van der Waals surface area contributed by atoms with Crippen LogP contribution in [0.4, 0.5) is 0 Å². The predicted molar refractivity (Wildman–Crippen MR) is 79.8 cm³/mol. The monoisotopic (exact) mass is 291 g/mol. The lowest BCUT2D eigenvalue weighted by Gasteiger charge is -2.33. The van der Waals surface area contributed by atoms with Gasteiger partial charge in [-0.3, -0.25) is 14.4 Å². The zero-order valence-electron chi connectivity index (χ0n) is 12.7. The molecule has 3 unspecified atom stereocenters. The van der Waals surface area contributed by atoms with Gasteiger partial charge in [-0.05, 0) is 37.7 Å². The van der Waals surface area contributed by atoms with Crippen LogP contribution in [-0.2, 0) is 17.9 Å². The molecule has 3 atom stereocenters. The molecule has 3 rings (SSSR count). The molecule has 1 saturated carbocycles. The maximum atomic E-state index is 11.6. The van der Waals surface area contributed by atoms with Crippen molar-refractivity contribution in [1.29, 1.82) is 0 Å². The van der Waals surface area contributed by atoms with Gasteiger partial charge in [0.15, 0.2) is 0 Å². The molecule has 2 heterocycles. The van der Waals surface area contributed by atoms with Crippen molar-refractivity contribution >= 4 is 5.97 Å². The van der Waals surface area contributed by atoms with Crippen molar-refractivity contribution in [2.24, 2.45) is 5.92 Å². The third kappa shape index (κ3) is 2.84. The van der Waals surface area contributed by atoms with E-state index in [0.717, 1.165) is 38.0 Å². The number of nitrogens with zero attached hydrogens (tertiary/aromatic N) is 3. The minimum absolute atomic E-state index is 0.317. The van der Waals surface area contributed by atoms with Gasteiger partial charge in [0.05, 0.1) is 5.69 Å². The van der Waals surface area contributed by atoms with E-state index in [4.69, 9.17) is 0 Å². The normalized spacial score (nSPS) is 29.5. The lowest BCUT2D eigenvalue weighted by molar-refractivity contribution is -0.143. The Hall–Kier alpha value is -1.36. The molecule has 0 aromatic carbocycles. The van der Waals surface area contributed by atoms with Crippen molar-refractivity contribution in [2.45, 2.75) is 70.6 Å². The average Bonchev–Trinajstić information content (AvgIpc) is 3.05. The molecule has 0 radical (unpaired) electrons. The van der Waals surface area contributed by atoms with E-state index >= 15 is 0 Å². The van der Waals surface area contributed by atoms with Crippen LogP contribution in [-0.4, -0.2) is 37.8 Å². The summed E-state index contributed by atoms with van der Waals surface area (Å²) in [5, 5.41) is 13.9. The van der Waals surface area contributed by atoms with Crippen LogP contribution >= 0.6 is 0 Å². The Morgan fingerprint density at radius 2 is 2.24 bits per heavy atom. The first-order valence-electron chi connectivity index (χ1n) is 8.20. The molecule has 1 aliphatic heterocycles. The van der Waals surface area contributed by atoms with Crippen LogP contribution in [0.5, 0.6) is 0 Å². The van der Waals surface area contributed by atoms with Gasteiger partial charge in [0, 0.05) is 25.3 Å². The summed E-state index contributed by atoms with van der Waals surface area (Å²) in [6.45, 7) is 3.76. The molecular weight excluding hydrogens is 266 g/mol. The molecule has 0 spiro atoms. The minimum Gasteiger partial charge on any atom is -0.480 e. The Bertz CT molecular complexity index is 499. The number of fused-ring (bicyclic) bond motifs is 1. The highest BCUT2D eigenvalue weighted by molar-refractivity contribution is 5.74. The summed E-state index contributed by atoms with van der Waals surface area (Å²) in [7, 11) is 0. The van der Waals surface area contributed by atoms with Crippen molar-refractivity contribution < 1.29 is 9.90 Å². The summed E-state index contributed by atoms with van der Waals surface area (Å²) < 4.78 is 2.02. The number of aromatic nitrogens is 2. The van der Waals surface area contributed by atoms with E-state index in [2.05, 4.69) is 16.9 Å². The maximum Gasteiger partial charge on any atom is 0.320 e. The molecule has 1 aliphatic carbocycles. The molecule has 0 bridgehead atoms. The Labute approximate surface area is 125 Å². The summed E-state index contributed by atoms with van der Waals surface area (Å²) in [6.07, 6.45) is 8.53. The van der Waals surface area contributed by atoms with E-state index in [-0.39, 0.29) is 6.04 Å².